The van der Waals surface area contributed by atoms with E-state index in [4.69, 9.17) is 19.3 Å². The number of hydrogen-bond acceptors (Lipinski definition) is 4. The average molecular weight is 857 g/mol. The van der Waals surface area contributed by atoms with Crippen LogP contribution in [0.25, 0.3) is 61.0 Å². The molecule has 0 atom stereocenters. The molecule has 65 heavy (non-hydrogen) atoms. The van der Waals surface area contributed by atoms with Crippen molar-refractivity contribution in [1.29, 1.82) is 0 Å². The zero-order valence-electron chi connectivity index (χ0n) is 46.2. The molecule has 2 aromatic heterocycles. The van der Waals surface area contributed by atoms with Crippen molar-refractivity contribution in [2.24, 2.45) is 6.98 Å². The number of ether oxygens (including phenoxy) is 1. The Hall–Kier alpha value is -7.57. The maximum atomic E-state index is 9.98. The largest absolute Gasteiger partial charge is 0.457 e. The van der Waals surface area contributed by atoms with E-state index in [1.807, 2.05) is 84.9 Å². The third-order valence-corrected chi connectivity index (χ3v) is 12.3. The number of rotatable bonds is 7. The first-order valence-corrected chi connectivity index (χ1v) is 21.9. The summed E-state index contributed by atoms with van der Waals surface area (Å²) in [7, 11) is 0. The predicted octanol–water partition coefficient (Wildman–Crippen LogP) is 15.6. The summed E-state index contributed by atoms with van der Waals surface area (Å²) in [5.74, 6) is 0.853. The van der Waals surface area contributed by atoms with Crippen LogP contribution in [-0.2, 0) is 17.8 Å². The van der Waals surface area contributed by atoms with Crippen LogP contribution in [0, 0.1) is 0 Å². The molecule has 0 radical (unpaired) electrons. The van der Waals surface area contributed by atoms with Gasteiger partial charge in [-0.25, -0.2) is 4.98 Å². The number of benzene rings is 8. The highest BCUT2D eigenvalue weighted by Crippen LogP contribution is 2.52. The molecule has 3 heterocycles. The summed E-state index contributed by atoms with van der Waals surface area (Å²) < 4.78 is 91.0. The van der Waals surface area contributed by atoms with Gasteiger partial charge >= 0.3 is 0 Å². The number of aryl methyl sites for hydroxylation is 1. The second kappa shape index (κ2) is 15.3. The van der Waals surface area contributed by atoms with Gasteiger partial charge in [0, 0.05) is 50.8 Å². The number of fused-ring (bicyclic) bond motifs is 5. The lowest BCUT2D eigenvalue weighted by Gasteiger charge is -2.30. The third-order valence-electron chi connectivity index (χ3n) is 12.3. The molecule has 0 spiro atoms. The minimum Gasteiger partial charge on any atom is -0.457 e. The molecule has 0 saturated carbocycles. The van der Waals surface area contributed by atoms with E-state index in [9.17, 15) is 2.74 Å². The van der Waals surface area contributed by atoms with E-state index < -0.39 is 24.5 Å². The highest BCUT2D eigenvalue weighted by Gasteiger charge is 2.33. The molecule has 10 aromatic rings. The lowest BCUT2D eigenvalue weighted by molar-refractivity contribution is 0.479. The summed E-state index contributed by atoms with van der Waals surface area (Å²) in [4.78, 5) is 9.28. The fourth-order valence-electron chi connectivity index (χ4n) is 8.92. The molecule has 0 fully saturated rings. The average Bonchev–Trinajstić information content (AvgIpc) is 4.06. The van der Waals surface area contributed by atoms with Gasteiger partial charge in [0.15, 0.2) is 0 Å². The van der Waals surface area contributed by atoms with E-state index in [0.717, 1.165) is 55.1 Å². The van der Waals surface area contributed by atoms with Crippen molar-refractivity contribution in [2.45, 2.75) is 52.4 Å². The number of hydrogen-bond donors (Lipinski definition) is 0. The van der Waals surface area contributed by atoms with Gasteiger partial charge in [-0.2, -0.15) is 0 Å². The highest BCUT2D eigenvalue weighted by molar-refractivity contribution is 6.09. The topological polar surface area (TPSA) is 38.5 Å². The third kappa shape index (κ3) is 7.01. The van der Waals surface area contributed by atoms with Crippen molar-refractivity contribution in [3.8, 4) is 39.7 Å². The Bertz CT molecular complexity index is 3820. The number of nitrogens with zero attached hydrogens (tertiary/aromatic N) is 5. The maximum Gasteiger partial charge on any atom is 0.215 e. The van der Waals surface area contributed by atoms with E-state index in [0.29, 0.717) is 57.8 Å². The predicted molar refractivity (Wildman–Crippen MR) is 272 cm³/mol. The summed E-state index contributed by atoms with van der Waals surface area (Å²) in [6.45, 7) is 10.2. The second-order valence-corrected chi connectivity index (χ2v) is 18.7. The first kappa shape index (κ1) is 31.3. The van der Waals surface area contributed by atoms with Crippen LogP contribution < -0.4 is 14.5 Å². The van der Waals surface area contributed by atoms with Gasteiger partial charge in [0.05, 0.1) is 47.4 Å². The molecule has 1 aliphatic heterocycles. The van der Waals surface area contributed by atoms with Gasteiger partial charge in [0.1, 0.15) is 18.2 Å². The Morgan fingerprint density at radius 3 is 1.88 bits per heavy atom. The maximum absolute atomic E-state index is 9.98. The number of imidazole rings is 1. The van der Waals surface area contributed by atoms with Gasteiger partial charge in [-0.15, -0.1) is 0 Å². The summed E-state index contributed by atoms with van der Waals surface area (Å²) in [5.41, 5.74) is 8.66. The molecular formula is C59H53N5O. The van der Waals surface area contributed by atoms with Gasteiger partial charge in [-0.05, 0) is 99.7 Å². The number of aromatic nitrogens is 3. The Morgan fingerprint density at radius 1 is 0.569 bits per heavy atom. The van der Waals surface area contributed by atoms with Crippen molar-refractivity contribution in [1.82, 2.24) is 14.1 Å². The summed E-state index contributed by atoms with van der Waals surface area (Å²) in [5, 5.41) is 0.693. The Kier molecular flexibility index (Phi) is 7.37. The summed E-state index contributed by atoms with van der Waals surface area (Å²) >= 11 is 0. The van der Waals surface area contributed by atoms with Crippen LogP contribution in [0.5, 0.6) is 11.5 Å². The molecule has 0 unspecified atom stereocenters. The van der Waals surface area contributed by atoms with Crippen LogP contribution in [0.15, 0.2) is 182 Å². The fourth-order valence-corrected chi connectivity index (χ4v) is 8.92. The van der Waals surface area contributed by atoms with Gasteiger partial charge in [-0.1, -0.05) is 145 Å². The van der Waals surface area contributed by atoms with Crippen molar-refractivity contribution in [2.75, 3.05) is 16.5 Å². The molecule has 6 heteroatoms. The lowest BCUT2D eigenvalue weighted by atomic mass is 9.82. The van der Waals surface area contributed by atoms with Gasteiger partial charge in [-0.3, -0.25) is 4.57 Å². The molecule has 0 amide bonds. The van der Waals surface area contributed by atoms with E-state index >= 15 is 0 Å². The van der Waals surface area contributed by atoms with Crippen molar-refractivity contribution < 1.29 is 17.1 Å². The second-order valence-electron chi connectivity index (χ2n) is 18.7. The first-order chi connectivity index (χ1) is 35.1. The Balaban J connectivity index is 1.10. The number of para-hydroxylation sites is 5. The van der Waals surface area contributed by atoms with E-state index in [-0.39, 0.29) is 34.4 Å². The summed E-state index contributed by atoms with van der Waals surface area (Å²) in [6.07, 6.45) is 0. The van der Waals surface area contributed by atoms with Gasteiger partial charge < -0.3 is 19.1 Å². The monoisotopic (exact) mass is 856 g/mol. The molecular weight excluding hydrogens is 795 g/mol. The Labute approximate surface area is 394 Å². The molecule has 11 rings (SSSR count). The van der Waals surface area contributed by atoms with Crippen LogP contribution in [0.4, 0.5) is 22.7 Å². The minimum absolute atomic E-state index is 0.0309. The van der Waals surface area contributed by atoms with Gasteiger partial charge in [0.2, 0.25) is 5.95 Å². The molecule has 320 valence electrons. The molecule has 0 bridgehead atoms. The molecule has 0 saturated heterocycles. The number of anilines is 4. The minimum atomic E-state index is -2.71. The zero-order chi connectivity index (χ0) is 52.3. The first-order valence-electron chi connectivity index (χ1n) is 26.4. The van der Waals surface area contributed by atoms with E-state index in [1.165, 1.54) is 4.57 Å². The molecule has 8 aromatic carbocycles. The normalized spacial score (nSPS) is 15.2. The van der Waals surface area contributed by atoms with Crippen LogP contribution in [-0.4, -0.2) is 20.8 Å². The van der Waals surface area contributed by atoms with Gasteiger partial charge in [0.25, 0.3) is 0 Å². The van der Waals surface area contributed by atoms with Crippen molar-refractivity contribution >= 4 is 55.6 Å². The molecule has 6 nitrogen and oxygen atoms in total. The van der Waals surface area contributed by atoms with E-state index in [2.05, 4.69) is 69.5 Å². The van der Waals surface area contributed by atoms with Crippen LogP contribution in [0.2, 0.25) is 0 Å². The Morgan fingerprint density at radius 2 is 1.20 bits per heavy atom. The summed E-state index contributed by atoms with van der Waals surface area (Å²) in [6, 6.07) is 45.7. The zero-order valence-corrected chi connectivity index (χ0v) is 37.2. The van der Waals surface area contributed by atoms with Crippen molar-refractivity contribution in [3.05, 3.63) is 193 Å². The fraction of sp³-hybridized carbons (Fsp3) is 0.169. The van der Waals surface area contributed by atoms with Crippen LogP contribution in [0.1, 0.15) is 65.0 Å². The van der Waals surface area contributed by atoms with Crippen LogP contribution in [0.3, 0.4) is 0 Å². The molecule has 0 N–H and O–H groups in total. The lowest BCUT2D eigenvalue weighted by Crippen LogP contribution is -2.26. The molecule has 1 aliphatic rings. The van der Waals surface area contributed by atoms with E-state index in [1.54, 1.807) is 42.5 Å². The standard InChI is InChI=1S/C59H53N5O/c1-58(2,3)41-32-43(36-45(33-41)65-44-30-31-47-46-24-14-16-26-51(46)64(55(47)37-44)57-60-50-25-15-17-27-52(50)61(57)7)62-38-63(54-29-19-18-28-53(54)62)56-48(39-20-10-8-11-21-39)34-42(59(4,5)6)35-49(56)40-22-12-9-13-23-40/h8-37H,38H2,1-7H3/i7D3,14D,16D,24D,26D,34D,35D. The quantitative estimate of drug-likeness (QED) is 0.160. The van der Waals surface area contributed by atoms with Crippen LogP contribution >= 0.6 is 0 Å². The smallest absolute Gasteiger partial charge is 0.215 e. The SMILES string of the molecule is [2H]c1c(-c2ccccc2)c(N2CN(c3cc(Oc4ccc5c6c([2H])c([2H])c([2H])c([2H])c6n(-c6nc7ccccc7n6C([2H])([2H])[2H])c5c4)cc(C(C)(C)C)c3)c3ccccc32)c(-c2ccccc2)c([2H])c1C(C)(C)C. The van der Waals surface area contributed by atoms with Crippen molar-refractivity contribution in [3.63, 3.8) is 0 Å². The highest BCUT2D eigenvalue weighted by atomic mass is 16.5. The molecule has 0 aliphatic carbocycles.